The molecule has 0 bridgehead atoms. The summed E-state index contributed by atoms with van der Waals surface area (Å²) in [5, 5.41) is 77.5. The SMILES string of the molecule is N/C(=C\N(N)SCCCCCCCCCSOC(=O)c1ccc2ccccc2c1)COC(COC(COCC(O)CO)COCC(O)CO)COC(COCC(O)CO)COCC(O)CO. The number of hydrazine groups is 1. The van der Waals surface area contributed by atoms with E-state index in [0.29, 0.717) is 11.3 Å². The molecule has 66 heavy (non-hydrogen) atoms. The summed E-state index contributed by atoms with van der Waals surface area (Å²) in [4.78, 5) is 12.4. The van der Waals surface area contributed by atoms with E-state index >= 15 is 0 Å². The van der Waals surface area contributed by atoms with E-state index < -0.39 is 69.2 Å². The maximum Gasteiger partial charge on any atom is 0.350 e. The second-order valence-corrected chi connectivity index (χ2v) is 17.4. The average Bonchev–Trinajstić information content (AvgIpc) is 3.32. The number of fused-ring (bicyclic) bond motifs is 1. The quantitative estimate of drug-likeness (QED) is 0.0143. The second-order valence-electron chi connectivity index (χ2n) is 15.5. The fraction of sp³-hybridized carbons (Fsp3) is 0.705. The van der Waals surface area contributed by atoms with Gasteiger partial charge in [0.15, 0.2) is 0 Å². The van der Waals surface area contributed by atoms with Crippen LogP contribution in [0.5, 0.6) is 0 Å². The molecule has 4 unspecified atom stereocenters. The zero-order valence-corrected chi connectivity index (χ0v) is 39.4. The van der Waals surface area contributed by atoms with Crippen molar-refractivity contribution in [2.45, 2.75) is 87.7 Å². The van der Waals surface area contributed by atoms with Gasteiger partial charge >= 0.3 is 5.97 Å². The molecular weight excluding hydrogens is 907 g/mol. The molecule has 380 valence electrons. The standard InChI is InChI=1S/C44H75N3O17S2/c45-36(17-47(46)65-14-8-4-2-1-3-5-9-15-66-64-44(56)35-13-12-33-10-6-7-11-34(33)16-35)22-61-43(31-62-41(27-57-23-37(52)18-48)28-58-24-38(53)19-49)32-63-42(29-59-25-39(54)20-50)30-60-26-40(55)21-51/h6-7,10-13,16-17,37-43,48-55H,1-5,8-9,14-15,18-32,45-46H2/b36-17-. The van der Waals surface area contributed by atoms with Crippen LogP contribution in [0.4, 0.5) is 0 Å². The highest BCUT2D eigenvalue weighted by Gasteiger charge is 2.21. The van der Waals surface area contributed by atoms with Crippen LogP contribution in [0.3, 0.4) is 0 Å². The molecule has 0 aliphatic heterocycles. The van der Waals surface area contributed by atoms with Crippen LogP contribution in [0.1, 0.15) is 55.3 Å². The summed E-state index contributed by atoms with van der Waals surface area (Å²) in [6.45, 7) is -3.28. The van der Waals surface area contributed by atoms with Crippen molar-refractivity contribution in [3.8, 4) is 0 Å². The Hall–Kier alpha value is -2.43. The number of carbonyl (C=O) groups is 1. The lowest BCUT2D eigenvalue weighted by molar-refractivity contribution is -0.137. The number of rotatable bonds is 43. The van der Waals surface area contributed by atoms with Gasteiger partial charge in [-0.2, -0.15) is 0 Å². The van der Waals surface area contributed by atoms with Gasteiger partial charge in [-0.1, -0.05) is 62.4 Å². The van der Waals surface area contributed by atoms with E-state index in [9.17, 15) is 25.2 Å². The van der Waals surface area contributed by atoms with E-state index in [1.807, 2.05) is 36.4 Å². The summed E-state index contributed by atoms with van der Waals surface area (Å²) >= 11 is 2.61. The van der Waals surface area contributed by atoms with Crippen molar-refractivity contribution in [1.82, 2.24) is 4.41 Å². The van der Waals surface area contributed by atoms with Crippen molar-refractivity contribution in [3.63, 3.8) is 0 Å². The Morgan fingerprint density at radius 2 is 1.02 bits per heavy atom. The number of hydrogen-bond acceptors (Lipinski definition) is 22. The summed E-state index contributed by atoms with van der Waals surface area (Å²) < 4.78 is 46.9. The van der Waals surface area contributed by atoms with Crippen LogP contribution in [-0.4, -0.2) is 205 Å². The number of unbranched alkanes of at least 4 members (excludes halogenated alkanes) is 6. The van der Waals surface area contributed by atoms with Crippen molar-refractivity contribution in [2.75, 3.05) is 111 Å². The number of ether oxygens (including phenoxy) is 7. The highest BCUT2D eigenvalue weighted by Crippen LogP contribution is 2.19. The number of aliphatic hydroxyl groups is 8. The molecule has 4 atom stereocenters. The van der Waals surface area contributed by atoms with Gasteiger partial charge in [-0.25, -0.2) is 10.6 Å². The topological polar surface area (TPSA) is 308 Å². The van der Waals surface area contributed by atoms with E-state index in [0.717, 1.165) is 67.2 Å². The summed E-state index contributed by atoms with van der Waals surface area (Å²) in [5.74, 6) is 7.39. The lowest BCUT2D eigenvalue weighted by atomic mass is 10.1. The molecule has 12 N–H and O–H groups in total. The molecule has 0 aliphatic carbocycles. The van der Waals surface area contributed by atoms with Gasteiger partial charge in [-0.15, -0.1) is 0 Å². The zero-order chi connectivity index (χ0) is 48.2. The van der Waals surface area contributed by atoms with Gasteiger partial charge in [0.25, 0.3) is 0 Å². The van der Waals surface area contributed by atoms with Gasteiger partial charge in [-0.3, -0.25) is 4.41 Å². The predicted molar refractivity (Wildman–Crippen MR) is 250 cm³/mol. The first-order valence-corrected chi connectivity index (χ1v) is 24.1. The molecule has 0 aromatic heterocycles. The first-order chi connectivity index (χ1) is 32.0. The zero-order valence-electron chi connectivity index (χ0n) is 37.8. The number of carbonyl (C=O) groups excluding carboxylic acids is 1. The fourth-order valence-electron chi connectivity index (χ4n) is 5.70. The van der Waals surface area contributed by atoms with E-state index in [4.69, 9.17) is 69.3 Å². The summed E-state index contributed by atoms with van der Waals surface area (Å²) in [7, 11) is 0. The molecule has 0 fully saturated rings. The fourth-order valence-corrected chi connectivity index (χ4v) is 7.06. The third kappa shape index (κ3) is 29.5. The van der Waals surface area contributed by atoms with Gasteiger partial charge in [0.05, 0.1) is 122 Å². The van der Waals surface area contributed by atoms with Crippen LogP contribution < -0.4 is 11.6 Å². The number of hydrogen-bond donors (Lipinski definition) is 10. The van der Waals surface area contributed by atoms with Gasteiger partial charge in [0, 0.05) is 17.7 Å². The monoisotopic (exact) mass is 981 g/mol. The molecule has 20 nitrogen and oxygen atoms in total. The molecule has 0 radical (unpaired) electrons. The largest absolute Gasteiger partial charge is 0.399 e. The van der Waals surface area contributed by atoms with Crippen LogP contribution in [-0.2, 0) is 37.3 Å². The molecule has 0 spiro atoms. The maximum atomic E-state index is 12.4. The molecule has 22 heteroatoms. The maximum absolute atomic E-state index is 12.4. The number of nitrogens with zero attached hydrogens (tertiary/aromatic N) is 1. The Kier molecular flexibility index (Phi) is 34.8. The van der Waals surface area contributed by atoms with Crippen molar-refractivity contribution < 1.29 is 83.0 Å². The first kappa shape index (κ1) is 59.7. The summed E-state index contributed by atoms with van der Waals surface area (Å²) in [5.41, 5.74) is 7.14. The minimum atomic E-state index is -1.11. The minimum absolute atomic E-state index is 0.0701. The molecular formula is C44H75N3O17S2. The van der Waals surface area contributed by atoms with Crippen LogP contribution in [0, 0.1) is 0 Å². The Morgan fingerprint density at radius 1 is 0.576 bits per heavy atom. The van der Waals surface area contributed by atoms with E-state index in [2.05, 4.69) is 0 Å². The average molecular weight is 982 g/mol. The molecule has 0 heterocycles. The van der Waals surface area contributed by atoms with Crippen LogP contribution in [0.15, 0.2) is 54.4 Å². The highest BCUT2D eigenvalue weighted by atomic mass is 32.2. The van der Waals surface area contributed by atoms with Gasteiger partial charge in [0.1, 0.15) is 42.7 Å². The molecule has 0 amide bonds. The molecule has 2 aromatic rings. The summed E-state index contributed by atoms with van der Waals surface area (Å²) in [6, 6.07) is 13.4. The van der Waals surface area contributed by atoms with E-state index in [-0.39, 0.29) is 78.6 Å². The molecule has 0 aliphatic rings. The Labute approximate surface area is 396 Å². The van der Waals surface area contributed by atoms with Crippen molar-refractivity contribution in [2.24, 2.45) is 11.6 Å². The third-order valence-corrected chi connectivity index (χ3v) is 10.9. The highest BCUT2D eigenvalue weighted by molar-refractivity contribution is 7.97. The van der Waals surface area contributed by atoms with Gasteiger partial charge < -0.3 is 83.9 Å². The van der Waals surface area contributed by atoms with Crippen LogP contribution in [0.25, 0.3) is 10.8 Å². The van der Waals surface area contributed by atoms with E-state index in [1.54, 1.807) is 12.3 Å². The van der Waals surface area contributed by atoms with Crippen LogP contribution >= 0.6 is 24.0 Å². The first-order valence-electron chi connectivity index (χ1n) is 22.2. The van der Waals surface area contributed by atoms with Crippen LogP contribution in [0.2, 0.25) is 0 Å². The molecule has 0 saturated carbocycles. The molecule has 0 saturated heterocycles. The Morgan fingerprint density at radius 3 is 1.50 bits per heavy atom. The van der Waals surface area contributed by atoms with Crippen molar-refractivity contribution >= 4 is 40.7 Å². The lowest BCUT2D eigenvalue weighted by Gasteiger charge is -2.26. The van der Waals surface area contributed by atoms with Crippen molar-refractivity contribution in [1.29, 1.82) is 0 Å². The second kappa shape index (κ2) is 38.4. The third-order valence-electron chi connectivity index (χ3n) is 9.35. The van der Waals surface area contributed by atoms with Gasteiger partial charge in [-0.05, 0) is 47.7 Å². The Bertz CT molecular complexity index is 1470. The number of benzene rings is 2. The molecule has 2 aromatic carbocycles. The number of nitrogens with two attached hydrogens (primary N) is 2. The number of aliphatic hydroxyl groups excluding tert-OH is 8. The normalized spacial score (nSPS) is 15.3. The van der Waals surface area contributed by atoms with Crippen molar-refractivity contribution in [3.05, 3.63) is 59.9 Å². The minimum Gasteiger partial charge on any atom is -0.399 e. The smallest absolute Gasteiger partial charge is 0.350 e. The van der Waals surface area contributed by atoms with E-state index in [1.165, 1.54) is 28.4 Å². The predicted octanol–water partition coefficient (Wildman–Crippen LogP) is 0.634. The van der Waals surface area contributed by atoms with Gasteiger partial charge in [0.2, 0.25) is 0 Å². The lowest BCUT2D eigenvalue weighted by Crippen LogP contribution is -2.37. The summed E-state index contributed by atoms with van der Waals surface area (Å²) in [6.07, 6.45) is 2.17. The molecule has 2 rings (SSSR count). The Balaban J connectivity index is 1.81.